The molecule has 0 radical (unpaired) electrons. The van der Waals surface area contributed by atoms with Crippen molar-refractivity contribution in [2.24, 2.45) is 5.92 Å². The number of halogens is 1. The Morgan fingerprint density at radius 3 is 2.52 bits per heavy atom. The highest BCUT2D eigenvalue weighted by Gasteiger charge is 2.32. The van der Waals surface area contributed by atoms with Gasteiger partial charge in [-0.05, 0) is 36.8 Å². The second-order valence-electron chi connectivity index (χ2n) is 5.99. The van der Waals surface area contributed by atoms with Crippen LogP contribution in [-0.2, 0) is 21.2 Å². The number of rotatable bonds is 5. The zero-order valence-electron chi connectivity index (χ0n) is 13.4. The molecule has 0 unspecified atom stereocenters. The lowest BCUT2D eigenvalue weighted by Gasteiger charge is -2.11. The Bertz CT molecular complexity index is 865. The summed E-state index contributed by atoms with van der Waals surface area (Å²) < 4.78 is 41.9. The minimum Gasteiger partial charge on any atom is -0.489 e. The first-order chi connectivity index (χ1) is 11.9. The zero-order chi connectivity index (χ0) is 17.9. The molecule has 132 valence electrons. The van der Waals surface area contributed by atoms with Crippen LogP contribution in [0.1, 0.15) is 12.0 Å². The highest BCUT2D eigenvalue weighted by molar-refractivity contribution is 7.91. The molecular formula is C18H18FNO4S. The fourth-order valence-electron chi connectivity index (χ4n) is 2.66. The quantitative estimate of drug-likeness (QED) is 0.887. The maximum Gasteiger partial charge on any atom is 0.228 e. The van der Waals surface area contributed by atoms with Crippen molar-refractivity contribution in [1.29, 1.82) is 0 Å². The van der Waals surface area contributed by atoms with Crippen molar-refractivity contribution in [3.05, 3.63) is 59.9 Å². The largest absolute Gasteiger partial charge is 0.489 e. The molecule has 2 aromatic rings. The van der Waals surface area contributed by atoms with Gasteiger partial charge in [0.15, 0.2) is 9.84 Å². The lowest BCUT2D eigenvalue weighted by Crippen LogP contribution is -2.23. The summed E-state index contributed by atoms with van der Waals surface area (Å²) in [5.41, 5.74) is 1.02. The summed E-state index contributed by atoms with van der Waals surface area (Å²) in [7, 11) is -3.09. The van der Waals surface area contributed by atoms with Gasteiger partial charge >= 0.3 is 0 Å². The number of ether oxygens (including phenoxy) is 1. The second kappa shape index (κ2) is 7.23. The van der Waals surface area contributed by atoms with Crippen molar-refractivity contribution in [2.45, 2.75) is 13.0 Å². The Hall–Kier alpha value is -2.41. The lowest BCUT2D eigenvalue weighted by atomic mass is 10.1. The molecule has 5 nitrogen and oxygen atoms in total. The first kappa shape index (κ1) is 17.4. The van der Waals surface area contributed by atoms with Gasteiger partial charge in [0.25, 0.3) is 0 Å². The van der Waals surface area contributed by atoms with E-state index in [0.29, 0.717) is 23.4 Å². The monoisotopic (exact) mass is 363 g/mol. The number of sulfone groups is 1. The van der Waals surface area contributed by atoms with Gasteiger partial charge in [-0.1, -0.05) is 18.2 Å². The molecule has 0 aliphatic carbocycles. The summed E-state index contributed by atoms with van der Waals surface area (Å²) in [6, 6.07) is 13.1. The van der Waals surface area contributed by atoms with Crippen LogP contribution in [0.25, 0.3) is 0 Å². The van der Waals surface area contributed by atoms with Crippen LogP contribution in [0, 0.1) is 11.7 Å². The molecule has 0 bridgehead atoms. The van der Waals surface area contributed by atoms with Crippen molar-refractivity contribution in [3.8, 4) is 5.75 Å². The molecule has 0 saturated carbocycles. The summed E-state index contributed by atoms with van der Waals surface area (Å²) in [4.78, 5) is 12.1. The van der Waals surface area contributed by atoms with Gasteiger partial charge in [-0.2, -0.15) is 0 Å². The maximum absolute atomic E-state index is 13.5. The van der Waals surface area contributed by atoms with E-state index >= 15 is 0 Å². The molecule has 2 aromatic carbocycles. The van der Waals surface area contributed by atoms with Gasteiger partial charge < -0.3 is 10.1 Å². The molecule has 1 aliphatic rings. The third-order valence-electron chi connectivity index (χ3n) is 4.08. The first-order valence-electron chi connectivity index (χ1n) is 7.90. The third kappa shape index (κ3) is 4.57. The van der Waals surface area contributed by atoms with E-state index in [0.717, 1.165) is 0 Å². The molecule has 1 N–H and O–H groups in total. The molecule has 1 amide bonds. The van der Waals surface area contributed by atoms with Crippen LogP contribution in [0.5, 0.6) is 5.75 Å². The average Bonchev–Trinajstić information content (AvgIpc) is 2.96. The van der Waals surface area contributed by atoms with Crippen molar-refractivity contribution in [2.75, 3.05) is 16.8 Å². The van der Waals surface area contributed by atoms with Crippen LogP contribution < -0.4 is 10.1 Å². The summed E-state index contributed by atoms with van der Waals surface area (Å²) in [6.07, 6.45) is 0.359. The van der Waals surface area contributed by atoms with E-state index in [1.165, 1.54) is 6.07 Å². The van der Waals surface area contributed by atoms with Crippen LogP contribution in [-0.4, -0.2) is 25.8 Å². The van der Waals surface area contributed by atoms with Gasteiger partial charge in [-0.15, -0.1) is 0 Å². The highest BCUT2D eigenvalue weighted by atomic mass is 32.2. The highest BCUT2D eigenvalue weighted by Crippen LogP contribution is 2.22. The molecule has 0 aromatic heterocycles. The molecule has 3 rings (SSSR count). The topological polar surface area (TPSA) is 72.5 Å². The Balaban J connectivity index is 1.55. The molecule has 1 heterocycles. The molecule has 1 fully saturated rings. The number of carbonyl (C=O) groups excluding carboxylic acids is 1. The number of anilines is 1. The number of carbonyl (C=O) groups is 1. The van der Waals surface area contributed by atoms with Crippen LogP contribution in [0.2, 0.25) is 0 Å². The molecule has 25 heavy (non-hydrogen) atoms. The number of amides is 1. The Morgan fingerprint density at radius 2 is 1.88 bits per heavy atom. The van der Waals surface area contributed by atoms with E-state index in [9.17, 15) is 17.6 Å². The van der Waals surface area contributed by atoms with Gasteiger partial charge in [0, 0.05) is 11.3 Å². The average molecular weight is 363 g/mol. The second-order valence-corrected chi connectivity index (χ2v) is 8.22. The molecule has 1 atom stereocenters. The van der Waals surface area contributed by atoms with Gasteiger partial charge in [0.1, 0.15) is 18.2 Å². The van der Waals surface area contributed by atoms with Crippen molar-refractivity contribution in [1.82, 2.24) is 0 Å². The number of nitrogens with one attached hydrogen (secondary N) is 1. The van der Waals surface area contributed by atoms with Crippen molar-refractivity contribution < 1.29 is 22.3 Å². The Kier molecular flexibility index (Phi) is 5.03. The summed E-state index contributed by atoms with van der Waals surface area (Å²) >= 11 is 0. The molecular weight excluding hydrogens is 345 g/mol. The van der Waals surface area contributed by atoms with Crippen LogP contribution in [0.4, 0.5) is 10.1 Å². The fraction of sp³-hybridized carbons (Fsp3) is 0.278. The van der Waals surface area contributed by atoms with E-state index in [-0.39, 0.29) is 29.8 Å². The van der Waals surface area contributed by atoms with Crippen LogP contribution >= 0.6 is 0 Å². The van der Waals surface area contributed by atoms with E-state index in [4.69, 9.17) is 4.74 Å². The predicted octanol–water partition coefficient (Wildman–Crippen LogP) is 2.78. The normalized spacial score (nSPS) is 18.7. The molecule has 1 saturated heterocycles. The summed E-state index contributed by atoms with van der Waals surface area (Å²) in [5.74, 6) is -0.595. The van der Waals surface area contributed by atoms with Crippen LogP contribution in [0.15, 0.2) is 48.5 Å². The SMILES string of the molecule is O=C(Nc1ccc(OCc2ccccc2F)cc1)[C@H]1CCS(=O)(=O)C1. The smallest absolute Gasteiger partial charge is 0.228 e. The zero-order valence-corrected chi connectivity index (χ0v) is 14.3. The number of hydrogen-bond acceptors (Lipinski definition) is 4. The van der Waals surface area contributed by atoms with Crippen molar-refractivity contribution >= 4 is 21.4 Å². The van der Waals surface area contributed by atoms with Gasteiger partial charge in [0.2, 0.25) is 5.91 Å². The van der Waals surface area contributed by atoms with Crippen LogP contribution in [0.3, 0.4) is 0 Å². The lowest BCUT2D eigenvalue weighted by molar-refractivity contribution is -0.119. The minimum absolute atomic E-state index is 0.0634. The Labute approximate surface area is 145 Å². The van der Waals surface area contributed by atoms with Gasteiger partial charge in [-0.3, -0.25) is 4.79 Å². The molecule has 1 aliphatic heterocycles. The first-order valence-corrected chi connectivity index (χ1v) is 9.73. The fourth-order valence-corrected chi connectivity index (χ4v) is 4.40. The predicted molar refractivity (Wildman–Crippen MR) is 92.6 cm³/mol. The third-order valence-corrected chi connectivity index (χ3v) is 5.85. The Morgan fingerprint density at radius 1 is 1.16 bits per heavy atom. The number of benzene rings is 2. The minimum atomic E-state index is -3.09. The maximum atomic E-state index is 13.5. The summed E-state index contributed by atoms with van der Waals surface area (Å²) in [6.45, 7) is 0.109. The summed E-state index contributed by atoms with van der Waals surface area (Å²) in [5, 5.41) is 2.71. The number of hydrogen-bond donors (Lipinski definition) is 1. The van der Waals surface area contributed by atoms with E-state index in [1.54, 1.807) is 42.5 Å². The van der Waals surface area contributed by atoms with Gasteiger partial charge in [0.05, 0.1) is 17.4 Å². The standard InChI is InChI=1S/C18H18FNO4S/c19-17-4-2-1-3-13(17)11-24-16-7-5-15(6-8-16)20-18(21)14-9-10-25(22,23)12-14/h1-8,14H,9-12H2,(H,20,21)/t14-/m0/s1. The molecule has 7 heteroatoms. The van der Waals surface area contributed by atoms with Gasteiger partial charge in [-0.25, -0.2) is 12.8 Å². The van der Waals surface area contributed by atoms with Crippen molar-refractivity contribution in [3.63, 3.8) is 0 Å². The molecule has 0 spiro atoms. The van der Waals surface area contributed by atoms with E-state index in [1.807, 2.05) is 0 Å². The van der Waals surface area contributed by atoms with E-state index in [2.05, 4.69) is 5.32 Å². The van der Waals surface area contributed by atoms with E-state index < -0.39 is 15.8 Å².